The van der Waals surface area contributed by atoms with Crippen LogP contribution in [0.5, 0.6) is 0 Å². The second-order valence-electron chi connectivity index (χ2n) is 10.2. The van der Waals surface area contributed by atoms with Gasteiger partial charge in [-0.05, 0) is 62.5 Å². The van der Waals surface area contributed by atoms with Gasteiger partial charge in [0.15, 0.2) is 0 Å². The molecule has 0 aromatic heterocycles. The molecule has 4 rings (SSSR count). The van der Waals surface area contributed by atoms with E-state index in [1.807, 2.05) is 11.0 Å². The molecule has 0 spiro atoms. The summed E-state index contributed by atoms with van der Waals surface area (Å²) in [6, 6.07) is 15.1. The van der Waals surface area contributed by atoms with Crippen molar-refractivity contribution >= 4 is 35.0 Å². The molecule has 2 aromatic carbocycles. The zero-order valence-corrected chi connectivity index (χ0v) is 23.1. The Morgan fingerprint density at radius 2 is 1.81 bits per heavy atom. The number of benzene rings is 2. The van der Waals surface area contributed by atoms with Crippen LogP contribution < -0.4 is 10.6 Å². The highest BCUT2D eigenvalue weighted by atomic mass is 35.5. The zero-order chi connectivity index (χ0) is 26.2. The first kappa shape index (κ1) is 27.9. The fourth-order valence-electron chi connectivity index (χ4n) is 5.37. The van der Waals surface area contributed by atoms with Crippen molar-refractivity contribution in [3.63, 3.8) is 0 Å². The van der Waals surface area contributed by atoms with Crippen molar-refractivity contribution in [1.29, 1.82) is 0 Å². The van der Waals surface area contributed by atoms with Crippen molar-refractivity contribution in [1.82, 2.24) is 20.4 Å². The third kappa shape index (κ3) is 7.70. The van der Waals surface area contributed by atoms with E-state index in [0.29, 0.717) is 47.7 Å². The van der Waals surface area contributed by atoms with Gasteiger partial charge in [-0.2, -0.15) is 0 Å². The minimum atomic E-state index is -0.291. The molecule has 2 aliphatic rings. The van der Waals surface area contributed by atoms with Crippen molar-refractivity contribution in [2.24, 2.45) is 0 Å². The number of amides is 2. The monoisotopic (exact) mass is 544 g/mol. The average Bonchev–Trinajstić information content (AvgIpc) is 3.06. The summed E-state index contributed by atoms with van der Waals surface area (Å²) in [4.78, 5) is 31.0. The number of hydrogen-bond donors (Lipinski definition) is 2. The van der Waals surface area contributed by atoms with Crippen LogP contribution in [0.1, 0.15) is 60.9 Å². The molecule has 2 amide bonds. The van der Waals surface area contributed by atoms with Crippen molar-refractivity contribution in [2.75, 3.05) is 39.3 Å². The maximum Gasteiger partial charge on any atom is 0.251 e. The van der Waals surface area contributed by atoms with Crippen LogP contribution in [0, 0.1) is 0 Å². The molecule has 3 atom stereocenters. The van der Waals surface area contributed by atoms with Crippen LogP contribution in [-0.2, 0) is 4.79 Å². The summed E-state index contributed by atoms with van der Waals surface area (Å²) in [5, 5.41) is 7.41. The van der Waals surface area contributed by atoms with Crippen LogP contribution in [0.2, 0.25) is 10.0 Å². The van der Waals surface area contributed by atoms with Crippen LogP contribution >= 0.6 is 23.2 Å². The SMILES string of the molecule is CC[C@H](CN1CCC(CNC(=O)c2ccc(Cl)c(Cl)c2)NC(CN2CCCCC2)C1=O)c1ccccc1. The lowest BCUT2D eigenvalue weighted by atomic mass is 9.95. The van der Waals surface area contributed by atoms with E-state index in [4.69, 9.17) is 23.2 Å². The first-order chi connectivity index (χ1) is 17.9. The highest BCUT2D eigenvalue weighted by molar-refractivity contribution is 6.42. The fraction of sp³-hybridized carbons (Fsp3) is 0.517. The number of likely N-dealkylation sites (tertiary alicyclic amines) is 1. The predicted octanol–water partition coefficient (Wildman–Crippen LogP) is 4.96. The molecule has 2 fully saturated rings. The molecule has 2 aliphatic heterocycles. The third-order valence-corrected chi connectivity index (χ3v) is 8.32. The van der Waals surface area contributed by atoms with E-state index in [2.05, 4.69) is 46.7 Å². The largest absolute Gasteiger partial charge is 0.350 e. The molecule has 2 unspecified atom stereocenters. The Kier molecular flexibility index (Phi) is 10.3. The van der Waals surface area contributed by atoms with Gasteiger partial charge in [-0.15, -0.1) is 0 Å². The Morgan fingerprint density at radius 1 is 1.05 bits per heavy atom. The summed E-state index contributed by atoms with van der Waals surface area (Å²) in [6.07, 6.45) is 5.36. The number of nitrogens with zero attached hydrogens (tertiary/aromatic N) is 2. The number of piperidine rings is 1. The number of halogens is 2. The molecule has 0 aliphatic carbocycles. The highest BCUT2D eigenvalue weighted by Crippen LogP contribution is 2.24. The summed E-state index contributed by atoms with van der Waals surface area (Å²) < 4.78 is 0. The number of nitrogens with one attached hydrogen (secondary N) is 2. The minimum absolute atomic E-state index is 0.00716. The van der Waals surface area contributed by atoms with Crippen LogP contribution in [0.3, 0.4) is 0 Å². The molecule has 0 bridgehead atoms. The topological polar surface area (TPSA) is 64.7 Å². The molecule has 2 heterocycles. The summed E-state index contributed by atoms with van der Waals surface area (Å²) in [5.41, 5.74) is 1.74. The van der Waals surface area contributed by atoms with Crippen molar-refractivity contribution < 1.29 is 9.59 Å². The van der Waals surface area contributed by atoms with Gasteiger partial charge in [-0.3, -0.25) is 9.59 Å². The Bertz CT molecular complexity index is 1050. The number of hydrogen-bond acceptors (Lipinski definition) is 4. The second kappa shape index (κ2) is 13.6. The molecule has 37 heavy (non-hydrogen) atoms. The molecule has 2 aromatic rings. The van der Waals surface area contributed by atoms with Gasteiger partial charge in [0.2, 0.25) is 5.91 Å². The lowest BCUT2D eigenvalue weighted by Gasteiger charge is -2.33. The molecule has 2 N–H and O–H groups in total. The highest BCUT2D eigenvalue weighted by Gasteiger charge is 2.33. The zero-order valence-electron chi connectivity index (χ0n) is 21.6. The summed E-state index contributed by atoms with van der Waals surface area (Å²) in [5.74, 6) is 0.264. The van der Waals surface area contributed by atoms with Crippen LogP contribution in [0.4, 0.5) is 0 Å². The van der Waals surface area contributed by atoms with E-state index in [-0.39, 0.29) is 23.9 Å². The van der Waals surface area contributed by atoms with Crippen molar-refractivity contribution in [2.45, 2.75) is 57.0 Å². The van der Waals surface area contributed by atoms with Crippen LogP contribution in [-0.4, -0.2) is 73.0 Å². The Hall–Kier alpha value is -2.12. The molecule has 6 nitrogen and oxygen atoms in total. The Balaban J connectivity index is 1.45. The van der Waals surface area contributed by atoms with E-state index in [1.54, 1.807) is 18.2 Å². The molecule has 200 valence electrons. The van der Waals surface area contributed by atoms with Gasteiger partial charge in [-0.25, -0.2) is 0 Å². The Morgan fingerprint density at radius 3 is 2.51 bits per heavy atom. The van der Waals surface area contributed by atoms with Gasteiger partial charge < -0.3 is 20.4 Å². The number of carbonyl (C=O) groups is 2. The quantitative estimate of drug-likeness (QED) is 0.468. The molecule has 0 radical (unpaired) electrons. The van der Waals surface area contributed by atoms with Crippen molar-refractivity contribution in [3.05, 3.63) is 69.7 Å². The summed E-state index contributed by atoms with van der Waals surface area (Å²) in [7, 11) is 0. The van der Waals surface area contributed by atoms with Gasteiger partial charge in [0.25, 0.3) is 5.91 Å². The smallest absolute Gasteiger partial charge is 0.251 e. The molecule has 8 heteroatoms. The molecule has 2 saturated heterocycles. The minimum Gasteiger partial charge on any atom is -0.350 e. The molecular formula is C29H38Cl2N4O2. The van der Waals surface area contributed by atoms with Gasteiger partial charge in [0.05, 0.1) is 16.1 Å². The van der Waals surface area contributed by atoms with Crippen LogP contribution in [0.15, 0.2) is 48.5 Å². The maximum atomic E-state index is 13.8. The van der Waals surface area contributed by atoms with Gasteiger partial charge in [0, 0.05) is 43.7 Å². The lowest BCUT2D eigenvalue weighted by Crippen LogP contribution is -2.54. The van der Waals surface area contributed by atoms with E-state index in [0.717, 1.165) is 25.9 Å². The predicted molar refractivity (Wildman–Crippen MR) is 150 cm³/mol. The first-order valence-electron chi connectivity index (χ1n) is 13.5. The van der Waals surface area contributed by atoms with E-state index in [9.17, 15) is 9.59 Å². The van der Waals surface area contributed by atoms with E-state index < -0.39 is 0 Å². The van der Waals surface area contributed by atoms with Crippen LogP contribution in [0.25, 0.3) is 0 Å². The Labute approximate surface area is 230 Å². The first-order valence-corrected chi connectivity index (χ1v) is 14.3. The standard InChI is InChI=1S/C29H38Cl2N4O2/c1-2-21(22-9-5-3-6-10-22)19-35-16-13-24(18-32-28(36)23-11-12-25(30)26(31)17-23)33-27(29(35)37)20-34-14-7-4-8-15-34/h3,5-6,9-12,17,21,24,27,33H,2,4,7-8,13-16,18-20H2,1H3,(H,32,36)/t21-,24?,27?/m1/s1. The lowest BCUT2D eigenvalue weighted by molar-refractivity contribution is -0.133. The third-order valence-electron chi connectivity index (χ3n) is 7.58. The summed E-state index contributed by atoms with van der Waals surface area (Å²) >= 11 is 12.1. The second-order valence-corrected chi connectivity index (χ2v) is 11.0. The van der Waals surface area contributed by atoms with Gasteiger partial charge >= 0.3 is 0 Å². The van der Waals surface area contributed by atoms with E-state index >= 15 is 0 Å². The normalized spacial score (nSPS) is 21.9. The van der Waals surface area contributed by atoms with Gasteiger partial charge in [0.1, 0.15) is 0 Å². The summed E-state index contributed by atoms with van der Waals surface area (Å²) in [6.45, 7) is 6.77. The average molecular weight is 546 g/mol. The van der Waals surface area contributed by atoms with Crippen molar-refractivity contribution in [3.8, 4) is 0 Å². The molecular weight excluding hydrogens is 507 g/mol. The fourth-order valence-corrected chi connectivity index (χ4v) is 5.67. The number of rotatable bonds is 9. The molecule has 0 saturated carbocycles. The number of carbonyl (C=O) groups excluding carboxylic acids is 2. The maximum absolute atomic E-state index is 13.8. The van der Waals surface area contributed by atoms with Gasteiger partial charge in [-0.1, -0.05) is 66.9 Å². The van der Waals surface area contributed by atoms with E-state index in [1.165, 1.54) is 24.8 Å².